The van der Waals surface area contributed by atoms with E-state index in [9.17, 15) is 94.4 Å². The van der Waals surface area contributed by atoms with Gasteiger partial charge in [0.25, 0.3) is 0 Å². The Hall–Kier alpha value is -5.37. The first-order valence-electron chi connectivity index (χ1n) is 33.0. The third-order valence-electron chi connectivity index (χ3n) is 17.6. The molecule has 5 aliphatic heterocycles. The summed E-state index contributed by atoms with van der Waals surface area (Å²) >= 11 is 0. The Morgan fingerprint density at radius 3 is 1.82 bits per heavy atom. The number of nitrogens with one attached hydrogen (secondary N) is 2. The summed E-state index contributed by atoms with van der Waals surface area (Å²) in [4.78, 5) is 87.8. The lowest BCUT2D eigenvalue weighted by atomic mass is 9.82. The molecule has 0 spiro atoms. The number of phosphoric acid groups is 1. The van der Waals surface area contributed by atoms with Crippen molar-refractivity contribution in [3.8, 4) is 0 Å². The second kappa shape index (κ2) is 38.8. The quantitative estimate of drug-likeness (QED) is 0.0223. The van der Waals surface area contributed by atoms with Crippen molar-refractivity contribution in [1.82, 2.24) is 10.6 Å². The number of aliphatic hydroxyl groups is 10. The molecular formula is C64H104N5O32P. The summed E-state index contributed by atoms with van der Waals surface area (Å²) < 4.78 is 88.3. The SMILES string of the molecule is C=C(CC=C(C)CCC=C(C)C)CCC(C)(C)CC=CCC(C)=CCOC(COP(=O)(O)OC1OC(C(N)=O)C(C)(O)C(OC(N)=O)C1OC1OC(COC2OC(CO)C(O)C(O)C2O)C(OC2OC(C)C(OC3OC(C(N)=O)C(O)C(O)C3O)C(O)C2NC(C)=O)C(O)C1NC(C)=O)C(=O)O. The van der Waals surface area contributed by atoms with Crippen molar-refractivity contribution < 1.29 is 156 Å². The maximum Gasteiger partial charge on any atom is 0.474 e. The van der Waals surface area contributed by atoms with Crippen LogP contribution in [-0.2, 0) is 89.7 Å². The number of nitrogens with two attached hydrogens (primary N) is 3. The van der Waals surface area contributed by atoms with E-state index in [0.717, 1.165) is 70.4 Å². The lowest BCUT2D eigenvalue weighted by Crippen LogP contribution is -2.72. The van der Waals surface area contributed by atoms with Crippen LogP contribution in [0.3, 0.4) is 0 Å². The molecule has 0 aromatic heterocycles. The van der Waals surface area contributed by atoms with Crippen molar-refractivity contribution >= 4 is 43.5 Å². The van der Waals surface area contributed by atoms with Crippen molar-refractivity contribution in [2.75, 3.05) is 26.4 Å². The summed E-state index contributed by atoms with van der Waals surface area (Å²) in [6.45, 7) is 17.0. The maximum absolute atomic E-state index is 14.1. The average molecular weight is 1490 g/mol. The predicted molar refractivity (Wildman–Crippen MR) is 349 cm³/mol. The van der Waals surface area contributed by atoms with Gasteiger partial charge in [-0.15, -0.1) is 0 Å². The van der Waals surface area contributed by atoms with Gasteiger partial charge in [0.2, 0.25) is 23.6 Å². The number of carboxylic acids is 1. The molecule has 5 saturated heterocycles. The van der Waals surface area contributed by atoms with Crippen LogP contribution >= 0.6 is 7.82 Å². The van der Waals surface area contributed by atoms with Crippen LogP contribution in [0.4, 0.5) is 4.79 Å². The van der Waals surface area contributed by atoms with Crippen molar-refractivity contribution in [2.45, 2.75) is 273 Å². The predicted octanol–water partition coefficient (Wildman–Crippen LogP) is -2.79. The number of hydrogen-bond acceptors (Lipinski definition) is 30. The van der Waals surface area contributed by atoms with Gasteiger partial charge in [0.15, 0.2) is 62.0 Å². The molecule has 5 amide bonds. The number of rotatable bonds is 36. The highest BCUT2D eigenvalue weighted by Crippen LogP contribution is 2.49. The van der Waals surface area contributed by atoms with Gasteiger partial charge in [-0.25, -0.2) is 14.2 Å². The highest BCUT2D eigenvalue weighted by Gasteiger charge is 2.62. The average Bonchev–Trinajstić information content (AvgIpc) is 0.750. The Bertz CT molecular complexity index is 3000. The molecule has 0 radical (unpaired) electrons. The number of aliphatic hydroxyl groups excluding tert-OH is 9. The van der Waals surface area contributed by atoms with Crippen LogP contribution in [0.25, 0.3) is 0 Å². The number of phosphoric ester groups is 1. The number of carboxylic acid groups (broad SMARTS) is 1. The standard InChI is InChI=1S/C64H104N5O32P/c1-28(2)15-14-17-29(3)18-19-31(5)20-23-63(9,10)22-13-12-16-30(4)21-24-89-37(56(83)84)27-91-102(87,88)101-61-51(52(100-62(67)85)64(11,86)53(99-61)55(66)82)98-58-39(69-34(8)72)42(75)49(36(94-58)26-90-59-46(79)43(76)40(73)35(25-70)93-59)96-57-38(68-33(7)71)41(74)48(32(6)92-57)95-60-47(80)44(77)45(78)50(97-60)54(65)81/h12-13,15,18,21,32,35-53,57-61,70,73-80,86H,5,14,16-17,19-20,22-27H2,1-4,6-11H3,(H2,65,81)(H2,66,82)(H2,67,85)(H,68,71)(H,69,72)(H,83,84)(H,87,88). The molecule has 0 aliphatic carbocycles. The number of amides is 5. The number of allylic oxidation sites excluding steroid dienone is 8. The lowest BCUT2D eigenvalue weighted by Gasteiger charge is -2.52. The van der Waals surface area contributed by atoms with Crippen molar-refractivity contribution in [3.05, 3.63) is 59.3 Å². The maximum atomic E-state index is 14.1. The van der Waals surface area contributed by atoms with Crippen molar-refractivity contribution in [1.29, 1.82) is 0 Å². The summed E-state index contributed by atoms with van der Waals surface area (Å²) in [5.41, 5.74) is 18.0. The van der Waals surface area contributed by atoms with Crippen LogP contribution in [0.2, 0.25) is 0 Å². The minimum Gasteiger partial charge on any atom is -0.479 e. The molecule has 27 atom stereocenters. The van der Waals surface area contributed by atoms with Gasteiger partial charge < -0.3 is 141 Å². The first kappa shape index (κ1) is 87.3. The van der Waals surface area contributed by atoms with Gasteiger partial charge in [0.1, 0.15) is 90.9 Å². The van der Waals surface area contributed by atoms with Crippen molar-refractivity contribution in [3.63, 3.8) is 0 Å². The molecule has 0 saturated carbocycles. The van der Waals surface area contributed by atoms with Crippen LogP contribution in [0.15, 0.2) is 59.3 Å². The molecule has 0 aromatic rings. The van der Waals surface area contributed by atoms with E-state index >= 15 is 0 Å². The highest BCUT2D eigenvalue weighted by atomic mass is 31.2. The van der Waals surface area contributed by atoms with E-state index in [4.69, 9.17) is 78.4 Å². The molecule has 37 nitrogen and oxygen atoms in total. The van der Waals surface area contributed by atoms with Gasteiger partial charge in [-0.2, -0.15) is 0 Å². The number of aliphatic carboxylic acids is 1. The molecule has 5 aliphatic rings. The van der Waals surface area contributed by atoms with Gasteiger partial charge in [-0.05, 0) is 91.9 Å². The molecule has 102 heavy (non-hydrogen) atoms. The Labute approximate surface area is 589 Å². The Morgan fingerprint density at radius 1 is 0.667 bits per heavy atom. The highest BCUT2D eigenvalue weighted by molar-refractivity contribution is 7.47. The van der Waals surface area contributed by atoms with Crippen molar-refractivity contribution in [2.24, 2.45) is 22.6 Å². The van der Waals surface area contributed by atoms with Gasteiger partial charge in [-0.3, -0.25) is 28.2 Å². The summed E-state index contributed by atoms with van der Waals surface area (Å²) in [6.07, 6.45) is -33.8. The molecule has 5 heterocycles. The Balaban J connectivity index is 1.41. The van der Waals surface area contributed by atoms with E-state index in [-0.39, 0.29) is 12.0 Å². The van der Waals surface area contributed by atoms with E-state index in [2.05, 4.69) is 64.0 Å². The fraction of sp³-hybridized carbons (Fsp3) is 0.750. The minimum atomic E-state index is -5.83. The summed E-state index contributed by atoms with van der Waals surface area (Å²) in [6, 6.07) is -3.90. The molecule has 20 N–H and O–H groups in total. The normalized spacial score (nSPS) is 36.4. The van der Waals surface area contributed by atoms with Crippen LogP contribution < -0.4 is 27.8 Å². The second-order valence-electron chi connectivity index (χ2n) is 27.1. The van der Waals surface area contributed by atoms with Crippen LogP contribution in [0, 0.1) is 5.41 Å². The smallest absolute Gasteiger partial charge is 0.474 e. The monoisotopic (exact) mass is 1490 g/mol. The summed E-state index contributed by atoms with van der Waals surface area (Å²) in [5.74, 6) is -6.41. The topological polar surface area (TPSA) is 584 Å². The van der Waals surface area contributed by atoms with Gasteiger partial charge in [0, 0.05) is 13.8 Å². The molecule has 0 aromatic carbocycles. The lowest BCUT2D eigenvalue weighted by molar-refractivity contribution is -0.375. The van der Waals surface area contributed by atoms with Crippen LogP contribution in [0.5, 0.6) is 0 Å². The molecule has 5 fully saturated rings. The summed E-state index contributed by atoms with van der Waals surface area (Å²) in [5, 5.41) is 125. The van der Waals surface area contributed by atoms with E-state index < -0.39 is 222 Å². The number of carbonyl (C=O) groups is 6. The molecule has 27 unspecified atom stereocenters. The molecule has 582 valence electrons. The van der Waals surface area contributed by atoms with Gasteiger partial charge in [0.05, 0.1) is 32.5 Å². The zero-order chi connectivity index (χ0) is 76.6. The van der Waals surface area contributed by atoms with E-state index in [0.29, 0.717) is 6.42 Å². The van der Waals surface area contributed by atoms with Crippen LogP contribution in [0.1, 0.15) is 114 Å². The second-order valence-corrected chi connectivity index (χ2v) is 28.5. The molecule has 5 rings (SSSR count). The third-order valence-corrected chi connectivity index (χ3v) is 18.5. The fourth-order valence-corrected chi connectivity index (χ4v) is 12.5. The number of hydrogen-bond donors (Lipinski definition) is 17. The zero-order valence-electron chi connectivity index (χ0n) is 58.5. The minimum absolute atomic E-state index is 0.0441. The van der Waals surface area contributed by atoms with Gasteiger partial charge >= 0.3 is 19.9 Å². The Kier molecular flexibility index (Phi) is 33.2. The first-order valence-corrected chi connectivity index (χ1v) is 34.5. The largest absolute Gasteiger partial charge is 0.479 e. The summed E-state index contributed by atoms with van der Waals surface area (Å²) in [7, 11) is -5.83. The Morgan fingerprint density at radius 2 is 1.25 bits per heavy atom. The fourth-order valence-electron chi connectivity index (χ4n) is 11.7. The molecule has 38 heteroatoms. The number of ether oxygens (including phenoxy) is 11. The first-order chi connectivity index (χ1) is 47.5. The van der Waals surface area contributed by atoms with E-state index in [1.54, 1.807) is 13.0 Å². The number of primary amides is 3. The van der Waals surface area contributed by atoms with E-state index in [1.807, 2.05) is 12.2 Å². The van der Waals surface area contributed by atoms with Crippen LogP contribution in [-0.4, -0.2) is 282 Å². The van der Waals surface area contributed by atoms with E-state index in [1.165, 1.54) is 18.1 Å². The molecular weight excluding hydrogens is 1380 g/mol. The van der Waals surface area contributed by atoms with Gasteiger partial charge in [-0.1, -0.05) is 73.1 Å². The molecule has 0 bridgehead atoms. The third kappa shape index (κ3) is 24.6. The zero-order valence-corrected chi connectivity index (χ0v) is 59.4. The number of carbonyl (C=O) groups excluding carboxylic acids is 5.